The van der Waals surface area contributed by atoms with Crippen LogP contribution in [0.3, 0.4) is 0 Å². The van der Waals surface area contributed by atoms with E-state index in [1.165, 1.54) is 0 Å². The average molecular weight is 585 g/mol. The van der Waals surface area contributed by atoms with Crippen molar-refractivity contribution >= 4 is 17.9 Å². The molecule has 2 aliphatic rings. The normalized spacial score (nSPS) is 15.2. The Balaban J connectivity index is 1.07. The van der Waals surface area contributed by atoms with Gasteiger partial charge in [0.25, 0.3) is 11.8 Å². The van der Waals surface area contributed by atoms with Gasteiger partial charge in [0.2, 0.25) is 0 Å². The van der Waals surface area contributed by atoms with Crippen LogP contribution in [0.4, 0.5) is 0 Å². The number of fused-ring (bicyclic) bond motifs is 1. The van der Waals surface area contributed by atoms with E-state index in [0.717, 1.165) is 61.5 Å². The Labute approximate surface area is 253 Å². The van der Waals surface area contributed by atoms with Gasteiger partial charge in [0.05, 0.1) is 19.4 Å². The second-order valence-electron chi connectivity index (χ2n) is 11.1. The lowest BCUT2D eigenvalue weighted by atomic mass is 9.93. The monoisotopic (exact) mass is 584 g/mol. The third-order valence-electron chi connectivity index (χ3n) is 8.09. The minimum absolute atomic E-state index is 0.0622. The highest BCUT2D eigenvalue weighted by Gasteiger charge is 2.24. The number of allylic oxidation sites excluding steroid dienone is 1. The molecule has 3 aromatic rings. The highest BCUT2D eigenvalue weighted by molar-refractivity contribution is 5.98. The van der Waals surface area contributed by atoms with Crippen molar-refractivity contribution in [2.75, 3.05) is 40.5 Å². The van der Waals surface area contributed by atoms with Crippen LogP contribution in [0, 0.1) is 5.92 Å². The number of likely N-dealkylation sites (tertiary alicyclic amines) is 1. The minimum atomic E-state index is -0.0792. The standard InChI is InChI=1S/C34H40N4O5/c1-24-22-27-23-38(36-32(27)13-12-31(24)33(39)35-17-21-41-2)20-16-25-14-18-37(19-15-25)34(40)26-4-6-29(7-5-26)43-30-10-8-28(42-3)9-11-30/h4-13,23,25H,14-22H2,1-3H3,(H,35,39). The molecule has 1 N–H and O–H groups in total. The molecule has 0 radical (unpaired) electrons. The molecular formula is C34H40N4O5. The lowest BCUT2D eigenvalue weighted by molar-refractivity contribution is -0.117. The molecule has 226 valence electrons. The molecule has 0 atom stereocenters. The number of methoxy groups -OCH3 is 2. The van der Waals surface area contributed by atoms with Crippen molar-refractivity contribution in [3.63, 3.8) is 0 Å². The number of amides is 2. The summed E-state index contributed by atoms with van der Waals surface area (Å²) >= 11 is 0. The summed E-state index contributed by atoms with van der Waals surface area (Å²) in [6.45, 7) is 5.32. The van der Waals surface area contributed by atoms with Crippen LogP contribution in [-0.2, 0) is 22.5 Å². The van der Waals surface area contributed by atoms with E-state index in [2.05, 4.69) is 11.5 Å². The molecule has 1 fully saturated rings. The van der Waals surface area contributed by atoms with Crippen molar-refractivity contribution in [2.45, 2.75) is 39.2 Å². The topological polar surface area (TPSA) is 94.9 Å². The zero-order valence-corrected chi connectivity index (χ0v) is 25.2. The third kappa shape index (κ3) is 7.73. The molecule has 2 aromatic carbocycles. The second-order valence-corrected chi connectivity index (χ2v) is 11.1. The first-order valence-electron chi connectivity index (χ1n) is 14.9. The van der Waals surface area contributed by atoms with E-state index < -0.39 is 0 Å². The van der Waals surface area contributed by atoms with E-state index in [1.807, 2.05) is 77.2 Å². The fourth-order valence-electron chi connectivity index (χ4n) is 5.55. The Morgan fingerprint density at radius 1 is 0.953 bits per heavy atom. The predicted molar refractivity (Wildman–Crippen MR) is 165 cm³/mol. The zero-order chi connectivity index (χ0) is 30.2. The lowest BCUT2D eigenvalue weighted by Gasteiger charge is -2.32. The van der Waals surface area contributed by atoms with Crippen LogP contribution in [-0.4, -0.2) is 67.0 Å². The molecule has 5 rings (SSSR count). The van der Waals surface area contributed by atoms with Gasteiger partial charge in [0.15, 0.2) is 0 Å². The Bertz CT molecular complexity index is 1470. The number of rotatable bonds is 11. The maximum atomic E-state index is 13.1. The average Bonchev–Trinajstić information content (AvgIpc) is 3.34. The summed E-state index contributed by atoms with van der Waals surface area (Å²) in [5.41, 5.74) is 4.45. The molecule has 0 spiro atoms. The van der Waals surface area contributed by atoms with Gasteiger partial charge >= 0.3 is 0 Å². The number of hydrogen-bond acceptors (Lipinski definition) is 6. The fourth-order valence-corrected chi connectivity index (χ4v) is 5.55. The summed E-state index contributed by atoms with van der Waals surface area (Å²) in [5.74, 6) is 2.70. The summed E-state index contributed by atoms with van der Waals surface area (Å²) in [6.07, 6.45) is 9.60. The smallest absolute Gasteiger partial charge is 0.253 e. The van der Waals surface area contributed by atoms with Gasteiger partial charge < -0.3 is 24.4 Å². The molecule has 1 saturated heterocycles. The predicted octanol–water partition coefficient (Wildman–Crippen LogP) is 5.27. The number of benzene rings is 2. The Hall–Kier alpha value is -4.37. The van der Waals surface area contributed by atoms with E-state index >= 15 is 0 Å². The minimum Gasteiger partial charge on any atom is -0.497 e. The summed E-state index contributed by atoms with van der Waals surface area (Å²) in [4.78, 5) is 27.7. The van der Waals surface area contributed by atoms with E-state index in [0.29, 0.717) is 48.1 Å². The molecule has 1 aliphatic heterocycles. The van der Waals surface area contributed by atoms with Crippen LogP contribution < -0.4 is 14.8 Å². The van der Waals surface area contributed by atoms with Crippen molar-refractivity contribution in [3.05, 3.63) is 88.8 Å². The van der Waals surface area contributed by atoms with Crippen LogP contribution in [0.15, 0.2) is 72.0 Å². The third-order valence-corrected chi connectivity index (χ3v) is 8.09. The molecule has 0 unspecified atom stereocenters. The second kappa shape index (κ2) is 14.2. The van der Waals surface area contributed by atoms with Gasteiger partial charge in [-0.15, -0.1) is 0 Å². The summed E-state index contributed by atoms with van der Waals surface area (Å²) in [7, 11) is 3.25. The number of nitrogens with one attached hydrogen (secondary N) is 1. The molecule has 9 nitrogen and oxygen atoms in total. The fraction of sp³-hybridized carbons (Fsp3) is 0.382. The Morgan fingerprint density at radius 3 is 2.30 bits per heavy atom. The maximum absolute atomic E-state index is 13.1. The molecule has 1 aliphatic carbocycles. The van der Waals surface area contributed by atoms with E-state index in [4.69, 9.17) is 19.3 Å². The molecule has 43 heavy (non-hydrogen) atoms. The van der Waals surface area contributed by atoms with E-state index in [9.17, 15) is 9.59 Å². The Morgan fingerprint density at radius 2 is 1.63 bits per heavy atom. The molecule has 1 aromatic heterocycles. The van der Waals surface area contributed by atoms with Crippen LogP contribution in [0.5, 0.6) is 17.2 Å². The molecule has 2 amide bonds. The van der Waals surface area contributed by atoms with Gasteiger partial charge in [0.1, 0.15) is 17.2 Å². The molecular weight excluding hydrogens is 544 g/mol. The maximum Gasteiger partial charge on any atom is 0.253 e. The molecule has 0 saturated carbocycles. The first kappa shape index (κ1) is 30.1. The largest absolute Gasteiger partial charge is 0.497 e. The first-order chi connectivity index (χ1) is 20.9. The van der Waals surface area contributed by atoms with Gasteiger partial charge in [-0.25, -0.2) is 0 Å². The van der Waals surface area contributed by atoms with Gasteiger partial charge in [-0.1, -0.05) is 5.57 Å². The summed E-state index contributed by atoms with van der Waals surface area (Å²) in [5, 5.41) is 7.69. The summed E-state index contributed by atoms with van der Waals surface area (Å²) in [6, 6.07) is 14.7. The van der Waals surface area contributed by atoms with E-state index in [-0.39, 0.29) is 11.8 Å². The van der Waals surface area contributed by atoms with Gasteiger partial charge in [-0.2, -0.15) is 5.10 Å². The molecule has 9 heteroatoms. The summed E-state index contributed by atoms with van der Waals surface area (Å²) < 4.78 is 18.1. The molecule has 2 heterocycles. The SMILES string of the molecule is COCCNC(=O)C1=C(C)Cc2cn(CCC3CCN(C(=O)c4ccc(Oc5ccc(OC)cc5)cc4)CC3)nc2C=C1. The zero-order valence-electron chi connectivity index (χ0n) is 25.2. The highest BCUT2D eigenvalue weighted by atomic mass is 16.5. The number of aryl methyl sites for hydroxylation is 1. The number of carbonyl (C=O) groups excluding carboxylic acids is 2. The van der Waals surface area contributed by atoms with Crippen molar-refractivity contribution in [3.8, 4) is 17.2 Å². The van der Waals surface area contributed by atoms with Gasteiger partial charge in [-0.05, 0) is 99.2 Å². The van der Waals surface area contributed by atoms with Gasteiger partial charge in [0, 0.05) is 56.2 Å². The van der Waals surface area contributed by atoms with Gasteiger partial charge in [-0.3, -0.25) is 14.3 Å². The number of nitrogens with zero attached hydrogens (tertiary/aromatic N) is 3. The number of aromatic nitrogens is 2. The van der Waals surface area contributed by atoms with Crippen molar-refractivity contribution in [2.24, 2.45) is 5.92 Å². The van der Waals surface area contributed by atoms with Crippen LogP contribution in [0.1, 0.15) is 47.8 Å². The number of piperidine rings is 1. The number of carbonyl (C=O) groups is 2. The van der Waals surface area contributed by atoms with Crippen molar-refractivity contribution in [1.82, 2.24) is 20.0 Å². The van der Waals surface area contributed by atoms with Crippen LogP contribution in [0.2, 0.25) is 0 Å². The van der Waals surface area contributed by atoms with Crippen molar-refractivity contribution < 1.29 is 23.8 Å². The number of hydrogen-bond donors (Lipinski definition) is 1. The van der Waals surface area contributed by atoms with Crippen LogP contribution in [0.25, 0.3) is 6.08 Å². The Kier molecular flexibility index (Phi) is 9.94. The molecule has 0 bridgehead atoms. The number of ether oxygens (including phenoxy) is 3. The first-order valence-corrected chi connectivity index (χ1v) is 14.9. The highest BCUT2D eigenvalue weighted by Crippen LogP contribution is 2.27. The quantitative estimate of drug-likeness (QED) is 0.309. The lowest BCUT2D eigenvalue weighted by Crippen LogP contribution is -2.38. The van der Waals surface area contributed by atoms with E-state index in [1.54, 1.807) is 14.2 Å². The van der Waals surface area contributed by atoms with Crippen molar-refractivity contribution in [1.29, 1.82) is 0 Å². The van der Waals surface area contributed by atoms with Crippen LogP contribution >= 0.6 is 0 Å².